The van der Waals surface area contributed by atoms with Crippen molar-refractivity contribution in [1.29, 1.82) is 0 Å². The van der Waals surface area contributed by atoms with Gasteiger partial charge in [-0.15, -0.1) is 0 Å². The molecule has 152 valence electrons. The number of hydrogen-bond donors (Lipinski definition) is 0. The summed E-state index contributed by atoms with van der Waals surface area (Å²) in [5.41, 5.74) is 1.23. The molecule has 2 aromatic rings. The molecule has 0 bridgehead atoms. The quantitative estimate of drug-likeness (QED) is 0.570. The Morgan fingerprint density at radius 3 is 2.25 bits per heavy atom. The van der Waals surface area contributed by atoms with Gasteiger partial charge >= 0.3 is 0 Å². The Labute approximate surface area is 174 Å². The average Bonchev–Trinajstić information content (AvgIpc) is 2.67. The molecule has 1 aromatic heterocycles. The highest BCUT2D eigenvalue weighted by molar-refractivity contribution is 9.10. The second-order valence-corrected chi connectivity index (χ2v) is 9.21. The Balaban J connectivity index is 0.000000307. The Hall–Kier alpha value is -2.03. The van der Waals surface area contributed by atoms with Crippen molar-refractivity contribution in [3.8, 4) is 5.88 Å². The van der Waals surface area contributed by atoms with E-state index in [0.717, 1.165) is 15.6 Å². The molecule has 0 fully saturated rings. The van der Waals surface area contributed by atoms with Crippen LogP contribution in [0.25, 0.3) is 5.57 Å². The van der Waals surface area contributed by atoms with Crippen molar-refractivity contribution < 1.29 is 22.7 Å². The lowest BCUT2D eigenvalue weighted by Crippen LogP contribution is -2.23. The number of rotatable bonds is 7. The van der Waals surface area contributed by atoms with Gasteiger partial charge < -0.3 is 9.47 Å². The SMILES string of the molecule is C=C(c1ccc(S(C)(=O)=O)cc1)C(C)(C)OC.O=CCOc1ccc(Br)cn1. The minimum atomic E-state index is -3.15. The molecule has 0 saturated heterocycles. The number of carbonyl (C=O) groups is 1. The van der Waals surface area contributed by atoms with Gasteiger partial charge in [-0.1, -0.05) is 18.7 Å². The molecule has 6 nitrogen and oxygen atoms in total. The fourth-order valence-electron chi connectivity index (χ4n) is 1.94. The molecule has 0 aliphatic carbocycles. The normalized spacial score (nSPS) is 11.2. The second kappa shape index (κ2) is 10.5. The molecule has 0 amide bonds. The van der Waals surface area contributed by atoms with E-state index in [2.05, 4.69) is 27.5 Å². The first-order valence-electron chi connectivity index (χ1n) is 8.24. The van der Waals surface area contributed by atoms with Crippen LogP contribution in [-0.4, -0.2) is 45.3 Å². The van der Waals surface area contributed by atoms with Gasteiger partial charge in [0.25, 0.3) is 0 Å². The molecule has 0 aliphatic heterocycles. The standard InChI is InChI=1S/C13H18O3S.C7H6BrNO2/c1-10(13(2,3)16-4)11-6-8-12(9-7-11)17(5,14)15;8-6-1-2-7(9-5-6)11-4-3-10/h6-9H,1H2,2-5H3;1-3,5H,4H2. The maximum atomic E-state index is 11.3. The van der Waals surface area contributed by atoms with Crippen LogP contribution in [0.15, 0.2) is 58.5 Å². The number of nitrogens with zero attached hydrogens (tertiary/aromatic N) is 1. The smallest absolute Gasteiger partial charge is 0.213 e. The first kappa shape index (κ1) is 24.0. The summed E-state index contributed by atoms with van der Waals surface area (Å²) < 4.78 is 33.8. The van der Waals surface area contributed by atoms with Crippen LogP contribution in [0, 0.1) is 0 Å². The van der Waals surface area contributed by atoms with Crippen LogP contribution in [0.1, 0.15) is 19.4 Å². The average molecular weight is 470 g/mol. The zero-order valence-electron chi connectivity index (χ0n) is 16.3. The molecule has 28 heavy (non-hydrogen) atoms. The van der Waals surface area contributed by atoms with E-state index in [1.165, 1.54) is 6.26 Å². The number of halogens is 1. The molecule has 1 heterocycles. The van der Waals surface area contributed by atoms with Gasteiger partial charge in [0.1, 0.15) is 6.61 Å². The first-order valence-corrected chi connectivity index (χ1v) is 10.9. The minimum Gasteiger partial charge on any atom is -0.470 e. The number of hydrogen-bond acceptors (Lipinski definition) is 6. The summed E-state index contributed by atoms with van der Waals surface area (Å²) in [7, 11) is -1.53. The summed E-state index contributed by atoms with van der Waals surface area (Å²) in [6.45, 7) is 7.87. The van der Waals surface area contributed by atoms with Crippen LogP contribution in [0.5, 0.6) is 5.88 Å². The summed E-state index contributed by atoms with van der Waals surface area (Å²) in [6.07, 6.45) is 3.49. The molecule has 0 aliphatic rings. The Bertz CT molecular complexity index is 891. The van der Waals surface area contributed by atoms with Crippen LogP contribution in [0.2, 0.25) is 0 Å². The van der Waals surface area contributed by atoms with E-state index in [1.807, 2.05) is 13.8 Å². The molecule has 2 rings (SSSR count). The number of aldehydes is 1. The lowest BCUT2D eigenvalue weighted by molar-refractivity contribution is -0.109. The number of benzene rings is 1. The lowest BCUT2D eigenvalue weighted by atomic mass is 9.93. The zero-order valence-corrected chi connectivity index (χ0v) is 18.7. The van der Waals surface area contributed by atoms with Gasteiger partial charge in [0.05, 0.1) is 10.5 Å². The highest BCUT2D eigenvalue weighted by Crippen LogP contribution is 2.28. The van der Waals surface area contributed by atoms with E-state index >= 15 is 0 Å². The van der Waals surface area contributed by atoms with Crippen LogP contribution in [-0.2, 0) is 19.4 Å². The summed E-state index contributed by atoms with van der Waals surface area (Å²) in [4.78, 5) is 14.1. The van der Waals surface area contributed by atoms with Gasteiger partial charge in [0.15, 0.2) is 16.1 Å². The molecule has 1 aromatic carbocycles. The van der Waals surface area contributed by atoms with Crippen LogP contribution in [0.4, 0.5) is 0 Å². The number of sulfone groups is 1. The van der Waals surface area contributed by atoms with Gasteiger partial charge in [-0.3, -0.25) is 4.79 Å². The molecule has 0 atom stereocenters. The molecule has 0 spiro atoms. The fraction of sp³-hybridized carbons (Fsp3) is 0.300. The molecular formula is C20H24BrNO5S. The number of ether oxygens (including phenoxy) is 2. The third kappa shape index (κ3) is 7.53. The lowest BCUT2D eigenvalue weighted by Gasteiger charge is -2.26. The van der Waals surface area contributed by atoms with Gasteiger partial charge in [-0.05, 0) is 59.1 Å². The number of methoxy groups -OCH3 is 1. The molecule has 0 saturated carbocycles. The van der Waals surface area contributed by atoms with E-state index in [4.69, 9.17) is 9.47 Å². The molecule has 0 unspecified atom stereocenters. The number of carbonyl (C=O) groups excluding carboxylic acids is 1. The van der Waals surface area contributed by atoms with Crippen molar-refractivity contribution in [1.82, 2.24) is 4.98 Å². The zero-order chi connectivity index (χ0) is 21.4. The Morgan fingerprint density at radius 2 is 1.82 bits per heavy atom. The van der Waals surface area contributed by atoms with E-state index < -0.39 is 15.4 Å². The maximum absolute atomic E-state index is 11.3. The van der Waals surface area contributed by atoms with Gasteiger partial charge in [0, 0.05) is 30.1 Å². The molecule has 8 heteroatoms. The minimum absolute atomic E-state index is 0.0502. The van der Waals surface area contributed by atoms with E-state index in [1.54, 1.807) is 49.7 Å². The third-order valence-corrected chi connectivity index (χ3v) is 5.47. The maximum Gasteiger partial charge on any atom is 0.213 e. The van der Waals surface area contributed by atoms with Crippen molar-refractivity contribution in [3.05, 3.63) is 59.2 Å². The Kier molecular flexibility index (Phi) is 9.00. The van der Waals surface area contributed by atoms with Gasteiger partial charge in [-0.2, -0.15) is 0 Å². The van der Waals surface area contributed by atoms with Crippen molar-refractivity contribution in [2.75, 3.05) is 20.0 Å². The van der Waals surface area contributed by atoms with E-state index in [0.29, 0.717) is 17.1 Å². The van der Waals surface area contributed by atoms with Crippen molar-refractivity contribution in [2.24, 2.45) is 0 Å². The molecular weight excluding hydrogens is 446 g/mol. The monoisotopic (exact) mass is 469 g/mol. The summed E-state index contributed by atoms with van der Waals surface area (Å²) >= 11 is 3.23. The van der Waals surface area contributed by atoms with E-state index in [9.17, 15) is 13.2 Å². The topological polar surface area (TPSA) is 82.6 Å². The fourth-order valence-corrected chi connectivity index (χ4v) is 2.81. The van der Waals surface area contributed by atoms with Crippen molar-refractivity contribution in [3.63, 3.8) is 0 Å². The van der Waals surface area contributed by atoms with Crippen molar-refractivity contribution >= 4 is 37.6 Å². The predicted molar refractivity (Wildman–Crippen MR) is 113 cm³/mol. The first-order chi connectivity index (χ1) is 13.0. The van der Waals surface area contributed by atoms with Gasteiger partial charge in [0.2, 0.25) is 5.88 Å². The summed E-state index contributed by atoms with van der Waals surface area (Å²) in [5.74, 6) is 0.459. The predicted octanol–water partition coefficient (Wildman–Crippen LogP) is 3.95. The van der Waals surface area contributed by atoms with Gasteiger partial charge in [-0.25, -0.2) is 13.4 Å². The Morgan fingerprint density at radius 1 is 1.21 bits per heavy atom. The highest BCUT2D eigenvalue weighted by atomic mass is 79.9. The third-order valence-electron chi connectivity index (χ3n) is 3.87. The summed E-state index contributed by atoms with van der Waals surface area (Å²) in [5, 5.41) is 0. The summed E-state index contributed by atoms with van der Waals surface area (Å²) in [6, 6.07) is 10.2. The number of pyridine rings is 1. The number of aromatic nitrogens is 1. The molecule has 0 radical (unpaired) electrons. The van der Waals surface area contributed by atoms with Crippen LogP contribution < -0.4 is 4.74 Å². The largest absolute Gasteiger partial charge is 0.470 e. The molecule has 0 N–H and O–H groups in total. The highest BCUT2D eigenvalue weighted by Gasteiger charge is 2.22. The second-order valence-electron chi connectivity index (χ2n) is 6.28. The van der Waals surface area contributed by atoms with Crippen molar-refractivity contribution in [2.45, 2.75) is 24.3 Å². The van der Waals surface area contributed by atoms with Crippen LogP contribution >= 0.6 is 15.9 Å². The van der Waals surface area contributed by atoms with Crippen LogP contribution in [0.3, 0.4) is 0 Å². The van der Waals surface area contributed by atoms with E-state index in [-0.39, 0.29) is 6.61 Å².